The van der Waals surface area contributed by atoms with Crippen LogP contribution in [0, 0.1) is 6.92 Å². The van der Waals surface area contributed by atoms with Gasteiger partial charge in [-0.2, -0.15) is 0 Å². The van der Waals surface area contributed by atoms with Gasteiger partial charge in [-0.05, 0) is 50.2 Å². The molecule has 0 N–H and O–H groups in total. The minimum absolute atomic E-state index is 0.107. The number of carbonyl (C=O) groups excluding carboxylic acids is 1. The first kappa shape index (κ1) is 13.4. The first-order valence-electron chi connectivity index (χ1n) is 6.80. The third kappa shape index (κ3) is 2.18. The van der Waals surface area contributed by atoms with Crippen LogP contribution in [0.5, 0.6) is 0 Å². The van der Waals surface area contributed by atoms with Crippen LogP contribution in [0.1, 0.15) is 34.7 Å². The first-order valence-corrected chi connectivity index (χ1v) is 7.60. The number of aromatic nitrogens is 1. The number of halogens is 1. The minimum Gasteiger partial charge on any atom is -0.345 e. The van der Waals surface area contributed by atoms with Crippen LogP contribution in [0.15, 0.2) is 40.9 Å². The van der Waals surface area contributed by atoms with Gasteiger partial charge in [0, 0.05) is 34.5 Å². The van der Waals surface area contributed by atoms with Crippen LogP contribution in [0.3, 0.4) is 0 Å². The van der Waals surface area contributed by atoms with Crippen molar-refractivity contribution in [3.63, 3.8) is 0 Å². The topological polar surface area (TPSA) is 25.2 Å². The molecule has 0 radical (unpaired) electrons. The summed E-state index contributed by atoms with van der Waals surface area (Å²) in [6.45, 7) is 5.85. The Bertz CT molecular complexity index is 645. The number of hydrogen-bond donors (Lipinski definition) is 0. The van der Waals surface area contributed by atoms with E-state index in [2.05, 4.69) is 46.5 Å². The predicted molar refractivity (Wildman–Crippen MR) is 82.8 cm³/mol. The number of amides is 1. The Morgan fingerprint density at radius 1 is 1.15 bits per heavy atom. The smallest absolute Gasteiger partial charge is 0.254 e. The molecule has 2 heterocycles. The number of carbonyl (C=O) groups is 1. The number of nitrogens with zero attached hydrogens (tertiary/aromatic N) is 2. The van der Waals surface area contributed by atoms with E-state index >= 15 is 0 Å². The number of fused-ring (bicyclic) bond motifs is 1. The molecule has 0 spiro atoms. The Labute approximate surface area is 127 Å². The quantitative estimate of drug-likeness (QED) is 0.780. The molecule has 1 amide bonds. The van der Waals surface area contributed by atoms with E-state index in [-0.39, 0.29) is 11.9 Å². The highest BCUT2D eigenvalue weighted by molar-refractivity contribution is 9.10. The van der Waals surface area contributed by atoms with Crippen molar-refractivity contribution < 1.29 is 4.79 Å². The maximum absolute atomic E-state index is 12.6. The number of benzene rings is 1. The molecular formula is C16H17BrN2O. The first-order chi connectivity index (χ1) is 9.58. The lowest BCUT2D eigenvalue weighted by Gasteiger charge is -2.35. The van der Waals surface area contributed by atoms with Crippen molar-refractivity contribution in [1.82, 2.24) is 9.47 Å². The van der Waals surface area contributed by atoms with Gasteiger partial charge in [-0.1, -0.05) is 15.9 Å². The maximum atomic E-state index is 12.6. The standard InChI is InChI=1S/C16H17BrN2O/c1-11-3-8-15-12(2)19(10-9-18(11)15)16(20)13-4-6-14(17)7-5-13/h3-8,12H,9-10H2,1-2H3. The van der Waals surface area contributed by atoms with Gasteiger partial charge < -0.3 is 9.47 Å². The van der Waals surface area contributed by atoms with Crippen LogP contribution in [-0.4, -0.2) is 21.9 Å². The number of rotatable bonds is 1. The fraction of sp³-hybridized carbons (Fsp3) is 0.312. The van der Waals surface area contributed by atoms with Crippen LogP contribution in [0.25, 0.3) is 0 Å². The molecule has 2 aromatic rings. The normalized spacial score (nSPS) is 17.9. The molecule has 1 aromatic carbocycles. The van der Waals surface area contributed by atoms with Crippen LogP contribution in [-0.2, 0) is 6.54 Å². The molecule has 1 aliphatic heterocycles. The fourth-order valence-corrected chi connectivity index (χ4v) is 3.12. The lowest BCUT2D eigenvalue weighted by molar-refractivity contribution is 0.0643. The monoisotopic (exact) mass is 332 g/mol. The SMILES string of the molecule is Cc1ccc2n1CCN(C(=O)c1ccc(Br)cc1)C2C. The van der Waals surface area contributed by atoms with Gasteiger partial charge >= 0.3 is 0 Å². The molecular weight excluding hydrogens is 316 g/mol. The molecule has 0 saturated carbocycles. The van der Waals surface area contributed by atoms with Gasteiger partial charge in [0.15, 0.2) is 0 Å². The zero-order valence-corrected chi connectivity index (χ0v) is 13.2. The fourth-order valence-electron chi connectivity index (χ4n) is 2.86. The van der Waals surface area contributed by atoms with Gasteiger partial charge in [-0.3, -0.25) is 4.79 Å². The summed E-state index contributed by atoms with van der Waals surface area (Å²) in [5, 5.41) is 0. The Hall–Kier alpha value is -1.55. The van der Waals surface area contributed by atoms with Crippen LogP contribution >= 0.6 is 15.9 Å². The second kappa shape index (κ2) is 5.09. The summed E-state index contributed by atoms with van der Waals surface area (Å²) < 4.78 is 3.29. The van der Waals surface area contributed by atoms with E-state index in [1.165, 1.54) is 11.4 Å². The highest BCUT2D eigenvalue weighted by Gasteiger charge is 2.28. The summed E-state index contributed by atoms with van der Waals surface area (Å²) >= 11 is 3.40. The number of hydrogen-bond acceptors (Lipinski definition) is 1. The Kier molecular flexibility index (Phi) is 3.42. The molecule has 1 aliphatic rings. The van der Waals surface area contributed by atoms with E-state index in [0.717, 1.165) is 23.1 Å². The molecule has 1 atom stereocenters. The molecule has 1 unspecified atom stereocenters. The maximum Gasteiger partial charge on any atom is 0.254 e. The van der Waals surface area contributed by atoms with Crippen molar-refractivity contribution >= 4 is 21.8 Å². The van der Waals surface area contributed by atoms with Crippen LogP contribution < -0.4 is 0 Å². The summed E-state index contributed by atoms with van der Waals surface area (Å²) in [6.07, 6.45) is 0. The Balaban J connectivity index is 1.88. The lowest BCUT2D eigenvalue weighted by Crippen LogP contribution is -2.41. The van der Waals surface area contributed by atoms with Crippen molar-refractivity contribution in [3.8, 4) is 0 Å². The van der Waals surface area contributed by atoms with E-state index in [9.17, 15) is 4.79 Å². The molecule has 3 rings (SSSR count). The van der Waals surface area contributed by atoms with Crippen molar-refractivity contribution in [2.45, 2.75) is 26.4 Å². The lowest BCUT2D eigenvalue weighted by atomic mass is 10.1. The van der Waals surface area contributed by atoms with E-state index in [0.29, 0.717) is 0 Å². The minimum atomic E-state index is 0.107. The van der Waals surface area contributed by atoms with Gasteiger partial charge in [0.25, 0.3) is 5.91 Å². The third-order valence-electron chi connectivity index (χ3n) is 4.04. The summed E-state index contributed by atoms with van der Waals surface area (Å²) in [4.78, 5) is 14.6. The van der Waals surface area contributed by atoms with E-state index < -0.39 is 0 Å². The van der Waals surface area contributed by atoms with Crippen molar-refractivity contribution in [1.29, 1.82) is 0 Å². The molecule has 20 heavy (non-hydrogen) atoms. The molecule has 104 valence electrons. The summed E-state index contributed by atoms with van der Waals surface area (Å²) in [5.74, 6) is 0.107. The van der Waals surface area contributed by atoms with Gasteiger partial charge in [-0.15, -0.1) is 0 Å². The highest BCUT2D eigenvalue weighted by atomic mass is 79.9. The Morgan fingerprint density at radius 2 is 1.85 bits per heavy atom. The zero-order valence-electron chi connectivity index (χ0n) is 11.6. The van der Waals surface area contributed by atoms with Gasteiger partial charge in [0.05, 0.1) is 6.04 Å². The average Bonchev–Trinajstić information content (AvgIpc) is 2.82. The molecule has 0 bridgehead atoms. The second-order valence-electron chi connectivity index (χ2n) is 5.23. The predicted octanol–water partition coefficient (Wildman–Crippen LogP) is 3.78. The molecule has 4 heteroatoms. The van der Waals surface area contributed by atoms with Crippen molar-refractivity contribution in [3.05, 3.63) is 57.8 Å². The zero-order chi connectivity index (χ0) is 14.3. The summed E-state index contributed by atoms with van der Waals surface area (Å²) in [7, 11) is 0. The summed E-state index contributed by atoms with van der Waals surface area (Å²) in [5.41, 5.74) is 3.23. The molecule has 0 fully saturated rings. The number of aryl methyl sites for hydroxylation is 1. The molecule has 0 saturated heterocycles. The van der Waals surface area contributed by atoms with Crippen LogP contribution in [0.2, 0.25) is 0 Å². The van der Waals surface area contributed by atoms with Gasteiger partial charge in [-0.25, -0.2) is 0 Å². The third-order valence-corrected chi connectivity index (χ3v) is 4.57. The molecule has 0 aliphatic carbocycles. The van der Waals surface area contributed by atoms with Crippen LogP contribution in [0.4, 0.5) is 0 Å². The van der Waals surface area contributed by atoms with Crippen molar-refractivity contribution in [2.75, 3.05) is 6.54 Å². The van der Waals surface area contributed by atoms with Gasteiger partial charge in [0.2, 0.25) is 0 Å². The second-order valence-corrected chi connectivity index (χ2v) is 6.15. The molecule has 3 nitrogen and oxygen atoms in total. The van der Waals surface area contributed by atoms with E-state index in [4.69, 9.17) is 0 Å². The van der Waals surface area contributed by atoms with Gasteiger partial charge in [0.1, 0.15) is 0 Å². The van der Waals surface area contributed by atoms with E-state index in [1.807, 2.05) is 29.2 Å². The largest absolute Gasteiger partial charge is 0.345 e. The molecule has 1 aromatic heterocycles. The summed E-state index contributed by atoms with van der Waals surface area (Å²) in [6, 6.07) is 11.9. The Morgan fingerprint density at radius 3 is 2.55 bits per heavy atom. The highest BCUT2D eigenvalue weighted by Crippen LogP contribution is 2.28. The van der Waals surface area contributed by atoms with E-state index in [1.54, 1.807) is 0 Å². The van der Waals surface area contributed by atoms with Crippen molar-refractivity contribution in [2.24, 2.45) is 0 Å². The average molecular weight is 333 g/mol.